The number of aromatic hydroxyl groups is 1. The van der Waals surface area contributed by atoms with Crippen LogP contribution in [0.15, 0.2) is 99.8 Å². The van der Waals surface area contributed by atoms with Crippen molar-refractivity contribution in [1.82, 2.24) is 9.97 Å². The molecule has 6 aromatic rings. The fraction of sp³-hybridized carbons (Fsp3) is 0. The lowest BCUT2D eigenvalue weighted by Gasteiger charge is -2.07. The van der Waals surface area contributed by atoms with Crippen LogP contribution >= 0.6 is 0 Å². The van der Waals surface area contributed by atoms with Gasteiger partial charge in [0.2, 0.25) is 11.8 Å². The second-order valence-electron chi connectivity index (χ2n) is 7.28. The molecule has 6 rings (SSSR count). The number of para-hydroxylation sites is 4. The lowest BCUT2D eigenvalue weighted by molar-refractivity contribution is 0.477. The zero-order valence-electron chi connectivity index (χ0n) is 16.3. The van der Waals surface area contributed by atoms with Crippen LogP contribution in [0.5, 0.6) is 5.75 Å². The summed E-state index contributed by atoms with van der Waals surface area (Å²) in [7, 11) is 0. The number of rotatable bonds is 3. The molecule has 4 aromatic carbocycles. The zero-order chi connectivity index (χ0) is 20.8. The summed E-state index contributed by atoms with van der Waals surface area (Å²) in [5.74, 6) is 1.21. The first-order valence-corrected chi connectivity index (χ1v) is 9.90. The average Bonchev–Trinajstić information content (AvgIpc) is 3.43. The van der Waals surface area contributed by atoms with Crippen molar-refractivity contribution in [2.24, 2.45) is 0 Å². The van der Waals surface area contributed by atoms with E-state index in [-0.39, 0.29) is 5.75 Å². The van der Waals surface area contributed by atoms with Gasteiger partial charge in [-0.05, 0) is 60.2 Å². The first-order valence-electron chi connectivity index (χ1n) is 9.90. The van der Waals surface area contributed by atoms with Gasteiger partial charge in [0.05, 0.1) is 0 Å². The van der Waals surface area contributed by atoms with Crippen LogP contribution in [0.1, 0.15) is 0 Å². The molecule has 0 unspecified atom stereocenters. The third-order valence-electron chi connectivity index (χ3n) is 5.28. The number of benzene rings is 4. The highest BCUT2D eigenvalue weighted by molar-refractivity contribution is 5.80. The molecule has 5 heteroatoms. The highest BCUT2D eigenvalue weighted by Gasteiger charge is 2.13. The molecule has 0 radical (unpaired) electrons. The maximum absolute atomic E-state index is 10.7. The second kappa shape index (κ2) is 6.85. The van der Waals surface area contributed by atoms with Crippen molar-refractivity contribution in [3.63, 3.8) is 0 Å². The predicted octanol–water partition coefficient (Wildman–Crippen LogP) is 6.68. The SMILES string of the molecule is Oc1cc(-c2nc3ccccc3o2)ccc1-c1ccc(-c2nc3ccccc3o2)cc1. The number of nitrogens with zero attached hydrogens (tertiary/aromatic N) is 2. The zero-order valence-corrected chi connectivity index (χ0v) is 16.3. The van der Waals surface area contributed by atoms with E-state index in [1.807, 2.05) is 84.9 Å². The molecular formula is C26H16N2O3. The van der Waals surface area contributed by atoms with Gasteiger partial charge in [0, 0.05) is 16.7 Å². The Morgan fingerprint density at radius 3 is 1.65 bits per heavy atom. The molecule has 31 heavy (non-hydrogen) atoms. The molecule has 0 saturated heterocycles. The number of oxazole rings is 2. The molecule has 148 valence electrons. The van der Waals surface area contributed by atoms with Crippen LogP contribution in [0.4, 0.5) is 0 Å². The molecule has 2 aromatic heterocycles. The fourth-order valence-electron chi connectivity index (χ4n) is 3.69. The number of hydrogen-bond donors (Lipinski definition) is 1. The lowest BCUT2D eigenvalue weighted by Crippen LogP contribution is -1.83. The van der Waals surface area contributed by atoms with Crippen LogP contribution in [-0.2, 0) is 0 Å². The standard InChI is InChI=1S/C26H16N2O3/c29-22-15-18(26-28-21-6-2-4-8-24(21)31-26)13-14-19(22)16-9-11-17(12-10-16)25-27-20-5-1-3-7-23(20)30-25/h1-15,29H. The third kappa shape index (κ3) is 3.04. The second-order valence-corrected chi connectivity index (χ2v) is 7.28. The largest absolute Gasteiger partial charge is 0.507 e. The Balaban J connectivity index is 1.32. The number of phenolic OH excluding ortho intramolecular Hbond substituents is 1. The van der Waals surface area contributed by atoms with Crippen LogP contribution in [0.25, 0.3) is 56.2 Å². The van der Waals surface area contributed by atoms with Gasteiger partial charge in [0.1, 0.15) is 16.8 Å². The Morgan fingerprint density at radius 1 is 0.548 bits per heavy atom. The van der Waals surface area contributed by atoms with E-state index < -0.39 is 0 Å². The van der Waals surface area contributed by atoms with E-state index >= 15 is 0 Å². The molecule has 0 atom stereocenters. The van der Waals surface area contributed by atoms with Crippen molar-refractivity contribution in [2.75, 3.05) is 0 Å². The van der Waals surface area contributed by atoms with Crippen molar-refractivity contribution in [2.45, 2.75) is 0 Å². The van der Waals surface area contributed by atoms with Crippen molar-refractivity contribution in [3.05, 3.63) is 91.0 Å². The van der Waals surface area contributed by atoms with Crippen molar-refractivity contribution in [3.8, 4) is 39.8 Å². The van der Waals surface area contributed by atoms with Gasteiger partial charge in [-0.15, -0.1) is 0 Å². The summed E-state index contributed by atoms with van der Waals surface area (Å²) in [6.45, 7) is 0. The summed E-state index contributed by atoms with van der Waals surface area (Å²) in [6, 6.07) is 28.5. The molecular weight excluding hydrogens is 388 g/mol. The minimum atomic E-state index is 0.161. The summed E-state index contributed by atoms with van der Waals surface area (Å²) < 4.78 is 11.6. The van der Waals surface area contributed by atoms with Crippen LogP contribution in [0.3, 0.4) is 0 Å². The molecule has 0 aliphatic carbocycles. The highest BCUT2D eigenvalue weighted by atomic mass is 16.4. The van der Waals surface area contributed by atoms with E-state index in [9.17, 15) is 5.11 Å². The normalized spacial score (nSPS) is 11.4. The van der Waals surface area contributed by atoms with Crippen LogP contribution in [0.2, 0.25) is 0 Å². The number of fused-ring (bicyclic) bond motifs is 2. The van der Waals surface area contributed by atoms with Crippen molar-refractivity contribution >= 4 is 22.2 Å². The summed E-state index contributed by atoms with van der Waals surface area (Å²) in [6.07, 6.45) is 0. The topological polar surface area (TPSA) is 72.3 Å². The average molecular weight is 404 g/mol. The van der Waals surface area contributed by atoms with Gasteiger partial charge < -0.3 is 13.9 Å². The van der Waals surface area contributed by atoms with E-state index in [1.165, 1.54) is 0 Å². The first kappa shape index (κ1) is 17.5. The third-order valence-corrected chi connectivity index (χ3v) is 5.28. The Morgan fingerprint density at radius 2 is 1.06 bits per heavy atom. The quantitative estimate of drug-likeness (QED) is 0.356. The van der Waals surface area contributed by atoms with Crippen molar-refractivity contribution < 1.29 is 13.9 Å². The predicted molar refractivity (Wildman–Crippen MR) is 120 cm³/mol. The summed E-state index contributed by atoms with van der Waals surface area (Å²) in [4.78, 5) is 9.03. The van der Waals surface area contributed by atoms with E-state index in [1.54, 1.807) is 6.07 Å². The molecule has 0 bridgehead atoms. The minimum Gasteiger partial charge on any atom is -0.507 e. The van der Waals surface area contributed by atoms with Gasteiger partial charge >= 0.3 is 0 Å². The number of hydrogen-bond acceptors (Lipinski definition) is 5. The summed E-state index contributed by atoms with van der Waals surface area (Å²) in [5, 5.41) is 10.7. The van der Waals surface area contributed by atoms with Gasteiger partial charge in [-0.3, -0.25) is 0 Å². The molecule has 0 spiro atoms. The number of aromatic nitrogens is 2. The summed E-state index contributed by atoms with van der Waals surface area (Å²) in [5.41, 5.74) is 6.31. The van der Waals surface area contributed by atoms with Gasteiger partial charge in [0.15, 0.2) is 11.2 Å². The van der Waals surface area contributed by atoms with Crippen LogP contribution in [0, 0.1) is 0 Å². The molecule has 5 nitrogen and oxygen atoms in total. The number of phenols is 1. The molecule has 2 heterocycles. The molecule has 1 N–H and O–H groups in total. The minimum absolute atomic E-state index is 0.161. The van der Waals surface area contributed by atoms with E-state index in [4.69, 9.17) is 8.83 Å². The molecule has 0 fully saturated rings. The van der Waals surface area contributed by atoms with E-state index in [0.717, 1.165) is 44.5 Å². The van der Waals surface area contributed by atoms with Gasteiger partial charge in [0.25, 0.3) is 0 Å². The monoisotopic (exact) mass is 404 g/mol. The molecule has 0 saturated carbocycles. The van der Waals surface area contributed by atoms with Gasteiger partial charge in [-0.1, -0.05) is 36.4 Å². The van der Waals surface area contributed by atoms with Crippen LogP contribution < -0.4 is 0 Å². The smallest absolute Gasteiger partial charge is 0.227 e. The molecule has 0 aliphatic heterocycles. The Hall–Kier alpha value is -4.38. The molecule has 0 amide bonds. The van der Waals surface area contributed by atoms with Gasteiger partial charge in [-0.25, -0.2) is 9.97 Å². The summed E-state index contributed by atoms with van der Waals surface area (Å²) >= 11 is 0. The maximum Gasteiger partial charge on any atom is 0.227 e. The van der Waals surface area contributed by atoms with E-state index in [2.05, 4.69) is 9.97 Å². The van der Waals surface area contributed by atoms with E-state index in [0.29, 0.717) is 11.8 Å². The fourth-order valence-corrected chi connectivity index (χ4v) is 3.69. The van der Waals surface area contributed by atoms with Crippen molar-refractivity contribution in [1.29, 1.82) is 0 Å². The Kier molecular flexibility index (Phi) is 3.86. The van der Waals surface area contributed by atoms with Crippen LogP contribution in [-0.4, -0.2) is 15.1 Å². The Bertz CT molecular complexity index is 1480. The lowest BCUT2D eigenvalue weighted by atomic mass is 10.0. The van der Waals surface area contributed by atoms with Gasteiger partial charge in [-0.2, -0.15) is 0 Å². The maximum atomic E-state index is 10.7. The highest BCUT2D eigenvalue weighted by Crippen LogP contribution is 2.35. The molecule has 0 aliphatic rings. The first-order chi connectivity index (χ1) is 15.2. The Labute approximate surface area is 177 Å².